The van der Waals surface area contributed by atoms with Crippen molar-refractivity contribution in [2.24, 2.45) is 0 Å². The van der Waals surface area contributed by atoms with Crippen LogP contribution < -0.4 is 9.64 Å². The highest BCUT2D eigenvalue weighted by atomic mass is 35.5. The zero-order valence-corrected chi connectivity index (χ0v) is 18.4. The summed E-state index contributed by atoms with van der Waals surface area (Å²) in [6.07, 6.45) is 1.74. The SMILES string of the molecule is CCCOc1ccc(C2c3cc(Cl)c(Cl)cc3C(O)N2c2ccc3[nH]cnc3c2)cc1. The topological polar surface area (TPSA) is 61.4 Å². The van der Waals surface area contributed by atoms with E-state index < -0.39 is 6.23 Å². The smallest absolute Gasteiger partial charge is 0.154 e. The number of aliphatic hydroxyl groups excluding tert-OH is 1. The lowest BCUT2D eigenvalue weighted by atomic mass is 9.97. The highest BCUT2D eigenvalue weighted by Crippen LogP contribution is 2.49. The number of aromatic nitrogens is 2. The molecule has 4 aromatic rings. The molecule has 0 saturated carbocycles. The molecule has 0 amide bonds. The summed E-state index contributed by atoms with van der Waals surface area (Å²) in [6.45, 7) is 2.75. The number of fused-ring (bicyclic) bond motifs is 2. The fraction of sp³-hybridized carbons (Fsp3) is 0.208. The number of H-pyrrole nitrogens is 1. The van der Waals surface area contributed by atoms with E-state index in [1.54, 1.807) is 12.4 Å². The maximum absolute atomic E-state index is 11.3. The van der Waals surface area contributed by atoms with Gasteiger partial charge in [0.15, 0.2) is 6.23 Å². The van der Waals surface area contributed by atoms with Crippen molar-refractivity contribution < 1.29 is 9.84 Å². The van der Waals surface area contributed by atoms with Gasteiger partial charge in [0, 0.05) is 11.3 Å². The summed E-state index contributed by atoms with van der Waals surface area (Å²) in [6, 6.07) is 17.2. The molecule has 2 unspecified atom stereocenters. The molecule has 2 heterocycles. The minimum absolute atomic E-state index is 0.239. The third-order valence-electron chi connectivity index (χ3n) is 5.61. The van der Waals surface area contributed by atoms with Gasteiger partial charge in [-0.1, -0.05) is 42.3 Å². The molecular formula is C24H21Cl2N3O2. The number of imidazole rings is 1. The first kappa shape index (κ1) is 20.2. The van der Waals surface area contributed by atoms with Gasteiger partial charge in [-0.25, -0.2) is 4.98 Å². The van der Waals surface area contributed by atoms with Crippen LogP contribution in [0, 0.1) is 0 Å². The summed E-state index contributed by atoms with van der Waals surface area (Å²) in [7, 11) is 0. The molecule has 1 aliphatic heterocycles. The monoisotopic (exact) mass is 453 g/mol. The number of aromatic amines is 1. The summed E-state index contributed by atoms with van der Waals surface area (Å²) in [4.78, 5) is 9.44. The second kappa shape index (κ2) is 8.08. The van der Waals surface area contributed by atoms with Crippen LogP contribution in [0.1, 0.15) is 42.3 Å². The largest absolute Gasteiger partial charge is 0.494 e. The molecule has 0 saturated heterocycles. The number of hydrogen-bond donors (Lipinski definition) is 2. The van der Waals surface area contributed by atoms with E-state index in [9.17, 15) is 5.11 Å². The third-order valence-corrected chi connectivity index (χ3v) is 6.33. The Bertz CT molecular complexity index is 1240. The lowest BCUT2D eigenvalue weighted by molar-refractivity contribution is 0.178. The van der Waals surface area contributed by atoms with E-state index in [4.69, 9.17) is 27.9 Å². The van der Waals surface area contributed by atoms with Gasteiger partial charge >= 0.3 is 0 Å². The highest BCUT2D eigenvalue weighted by molar-refractivity contribution is 6.42. The van der Waals surface area contributed by atoms with Crippen molar-refractivity contribution in [3.63, 3.8) is 0 Å². The van der Waals surface area contributed by atoms with E-state index in [1.165, 1.54) is 0 Å². The number of hydrogen-bond acceptors (Lipinski definition) is 4. The predicted octanol–water partition coefficient (Wildman–Crippen LogP) is 6.26. The van der Waals surface area contributed by atoms with Crippen molar-refractivity contribution in [3.05, 3.63) is 87.7 Å². The molecule has 1 aromatic heterocycles. The van der Waals surface area contributed by atoms with Gasteiger partial charge in [0.1, 0.15) is 5.75 Å². The molecule has 0 spiro atoms. The third kappa shape index (κ3) is 3.53. The van der Waals surface area contributed by atoms with Crippen molar-refractivity contribution in [2.75, 3.05) is 11.5 Å². The number of ether oxygens (including phenoxy) is 1. The number of rotatable bonds is 5. The van der Waals surface area contributed by atoms with E-state index in [-0.39, 0.29) is 6.04 Å². The summed E-state index contributed by atoms with van der Waals surface area (Å²) in [5.74, 6) is 0.822. The average molecular weight is 454 g/mol. The Kier molecular flexibility index (Phi) is 5.26. The van der Waals surface area contributed by atoms with E-state index in [0.717, 1.165) is 45.6 Å². The Morgan fingerprint density at radius 3 is 2.52 bits per heavy atom. The fourth-order valence-corrected chi connectivity index (χ4v) is 4.50. The van der Waals surface area contributed by atoms with Crippen molar-refractivity contribution in [3.8, 4) is 5.75 Å². The molecule has 0 bridgehead atoms. The highest BCUT2D eigenvalue weighted by Gasteiger charge is 2.39. The lowest BCUT2D eigenvalue weighted by Gasteiger charge is -2.30. The minimum atomic E-state index is -0.873. The first-order chi connectivity index (χ1) is 15.1. The summed E-state index contributed by atoms with van der Waals surface area (Å²) in [5, 5.41) is 12.2. The molecule has 3 aromatic carbocycles. The van der Waals surface area contributed by atoms with Gasteiger partial charge in [-0.05, 0) is 60.0 Å². The molecule has 2 atom stereocenters. The van der Waals surface area contributed by atoms with Crippen LogP contribution in [0.5, 0.6) is 5.75 Å². The van der Waals surface area contributed by atoms with Gasteiger partial charge in [-0.2, -0.15) is 0 Å². The van der Waals surface area contributed by atoms with Crippen molar-refractivity contribution in [2.45, 2.75) is 25.6 Å². The molecule has 0 fully saturated rings. The number of halogens is 2. The summed E-state index contributed by atoms with van der Waals surface area (Å²) >= 11 is 12.7. The van der Waals surface area contributed by atoms with Gasteiger partial charge in [-0.15, -0.1) is 0 Å². The van der Waals surface area contributed by atoms with Crippen molar-refractivity contribution in [1.82, 2.24) is 9.97 Å². The normalized spacial score (nSPS) is 17.9. The number of anilines is 1. The van der Waals surface area contributed by atoms with Crippen LogP contribution in [0.4, 0.5) is 5.69 Å². The Balaban J connectivity index is 1.63. The van der Waals surface area contributed by atoms with Crippen molar-refractivity contribution in [1.29, 1.82) is 0 Å². The van der Waals surface area contributed by atoms with Crippen LogP contribution in [-0.2, 0) is 0 Å². The molecule has 0 aliphatic carbocycles. The first-order valence-corrected chi connectivity index (χ1v) is 10.9. The van der Waals surface area contributed by atoms with E-state index >= 15 is 0 Å². The molecule has 1 aliphatic rings. The fourth-order valence-electron chi connectivity index (χ4n) is 4.16. The Labute approximate surface area is 190 Å². The lowest BCUT2D eigenvalue weighted by Crippen LogP contribution is -2.26. The molecule has 2 N–H and O–H groups in total. The van der Waals surface area contributed by atoms with Crippen LogP contribution in [0.25, 0.3) is 11.0 Å². The standard InChI is InChI=1S/C24H21Cl2N3O2/c1-2-9-31-16-6-3-14(4-7-16)23-17-11-19(25)20(26)12-18(17)24(30)29(23)15-5-8-21-22(10-15)28-13-27-21/h3-8,10-13,23-24,30H,2,9H2,1H3,(H,27,28). The second-order valence-corrected chi connectivity index (χ2v) is 8.41. The van der Waals surface area contributed by atoms with Crippen LogP contribution in [0.3, 0.4) is 0 Å². The maximum Gasteiger partial charge on any atom is 0.154 e. The van der Waals surface area contributed by atoms with Gasteiger partial charge in [0.25, 0.3) is 0 Å². The zero-order valence-electron chi connectivity index (χ0n) is 16.8. The van der Waals surface area contributed by atoms with Gasteiger partial charge < -0.3 is 19.7 Å². The first-order valence-electron chi connectivity index (χ1n) is 10.2. The second-order valence-electron chi connectivity index (χ2n) is 7.60. The maximum atomic E-state index is 11.3. The Morgan fingerprint density at radius 2 is 1.77 bits per heavy atom. The van der Waals surface area contributed by atoms with Crippen LogP contribution >= 0.6 is 23.2 Å². The Hall–Kier alpha value is -2.73. The summed E-state index contributed by atoms with van der Waals surface area (Å²) in [5.41, 5.74) is 5.31. The zero-order chi connectivity index (χ0) is 21.5. The molecule has 158 valence electrons. The quantitative estimate of drug-likeness (QED) is 0.374. The molecule has 31 heavy (non-hydrogen) atoms. The van der Waals surface area contributed by atoms with Crippen molar-refractivity contribution >= 4 is 39.9 Å². The molecule has 5 rings (SSSR count). The van der Waals surface area contributed by atoms with Gasteiger partial charge in [0.05, 0.1) is 40.1 Å². The molecular weight excluding hydrogens is 433 g/mol. The molecule has 5 nitrogen and oxygen atoms in total. The number of nitrogens with one attached hydrogen (secondary N) is 1. The van der Waals surface area contributed by atoms with Crippen LogP contribution in [0.15, 0.2) is 60.9 Å². The van der Waals surface area contributed by atoms with Crippen LogP contribution in [0.2, 0.25) is 10.0 Å². The van der Waals surface area contributed by atoms with Gasteiger partial charge in [0.2, 0.25) is 0 Å². The molecule has 7 heteroatoms. The number of benzene rings is 3. The predicted molar refractivity (Wildman–Crippen MR) is 124 cm³/mol. The Morgan fingerprint density at radius 1 is 1.03 bits per heavy atom. The number of aliphatic hydroxyl groups is 1. The van der Waals surface area contributed by atoms with Crippen LogP contribution in [-0.4, -0.2) is 21.7 Å². The minimum Gasteiger partial charge on any atom is -0.494 e. The summed E-state index contributed by atoms with van der Waals surface area (Å²) < 4.78 is 5.74. The van der Waals surface area contributed by atoms with E-state index in [2.05, 4.69) is 16.9 Å². The van der Waals surface area contributed by atoms with E-state index in [1.807, 2.05) is 53.4 Å². The van der Waals surface area contributed by atoms with Gasteiger partial charge in [-0.3, -0.25) is 0 Å². The average Bonchev–Trinajstić information content (AvgIpc) is 3.35. The number of nitrogens with zero attached hydrogens (tertiary/aromatic N) is 2. The molecule has 0 radical (unpaired) electrons. The van der Waals surface area contributed by atoms with E-state index in [0.29, 0.717) is 16.7 Å².